The van der Waals surface area contributed by atoms with Crippen LogP contribution in [-0.2, 0) is 10.0 Å². The van der Waals surface area contributed by atoms with Gasteiger partial charge in [-0.25, -0.2) is 8.42 Å². The lowest BCUT2D eigenvalue weighted by molar-refractivity contribution is 0.358. The Morgan fingerprint density at radius 3 is 2.39 bits per heavy atom. The van der Waals surface area contributed by atoms with E-state index in [0.717, 1.165) is 12.3 Å². The Morgan fingerprint density at radius 2 is 1.89 bits per heavy atom. The van der Waals surface area contributed by atoms with Crippen LogP contribution in [0, 0.1) is 0 Å². The highest BCUT2D eigenvalue weighted by molar-refractivity contribution is 7.89. The first-order valence-corrected chi connectivity index (χ1v) is 7.06. The summed E-state index contributed by atoms with van der Waals surface area (Å²) < 4.78 is 25.5. The smallest absolute Gasteiger partial charge is 0.266 e. The summed E-state index contributed by atoms with van der Waals surface area (Å²) in [5.41, 5.74) is -0.508. The van der Waals surface area contributed by atoms with E-state index in [1.54, 1.807) is 0 Å². The van der Waals surface area contributed by atoms with Crippen LogP contribution in [0.15, 0.2) is 22.0 Å². The summed E-state index contributed by atoms with van der Waals surface area (Å²) in [5, 5.41) is -0.142. The molecule has 0 saturated carbocycles. The number of aromatic amines is 1. The first-order chi connectivity index (χ1) is 8.25. The average molecular weight is 294 g/mol. The number of likely N-dealkylation sites (N-methyl/N-ethyl adjacent to an activating group) is 2. The normalized spacial score (nSPS) is 12.3. The molecule has 102 valence electrons. The molecule has 0 aromatic carbocycles. The van der Waals surface area contributed by atoms with Gasteiger partial charge in [0.1, 0.15) is 5.02 Å². The highest BCUT2D eigenvalue weighted by Gasteiger charge is 2.21. The Hall–Kier alpha value is -0.890. The number of nitrogens with zero attached hydrogens (tertiary/aromatic N) is 2. The minimum Gasteiger partial charge on any atom is -0.326 e. The van der Waals surface area contributed by atoms with Crippen LogP contribution < -0.4 is 5.56 Å². The standard InChI is InChI=1S/C10H16ClN3O3S/c1-13(2)4-5-14(3)18(16,17)8-6-9(11)10(15)12-7-8/h6-7H,4-5H2,1-3H3,(H,12,15). The highest BCUT2D eigenvalue weighted by Crippen LogP contribution is 2.14. The molecule has 0 atom stereocenters. The Bertz CT molecular complexity index is 568. The molecule has 18 heavy (non-hydrogen) atoms. The number of halogens is 1. The van der Waals surface area contributed by atoms with E-state index >= 15 is 0 Å². The van der Waals surface area contributed by atoms with E-state index < -0.39 is 15.6 Å². The second-order valence-electron chi connectivity index (χ2n) is 4.14. The van der Waals surface area contributed by atoms with Gasteiger partial charge in [0.2, 0.25) is 10.0 Å². The first-order valence-electron chi connectivity index (χ1n) is 5.24. The third kappa shape index (κ3) is 3.55. The number of aromatic nitrogens is 1. The summed E-state index contributed by atoms with van der Waals surface area (Å²) in [7, 11) is 1.58. The van der Waals surface area contributed by atoms with E-state index in [4.69, 9.17) is 11.6 Å². The van der Waals surface area contributed by atoms with Crippen LogP contribution in [0.5, 0.6) is 0 Å². The van der Waals surface area contributed by atoms with Gasteiger partial charge in [-0.2, -0.15) is 4.31 Å². The molecule has 1 aromatic heterocycles. The number of hydrogen-bond acceptors (Lipinski definition) is 4. The summed E-state index contributed by atoms with van der Waals surface area (Å²) in [5.74, 6) is 0. The summed E-state index contributed by atoms with van der Waals surface area (Å²) >= 11 is 5.62. The molecule has 8 heteroatoms. The van der Waals surface area contributed by atoms with Crippen molar-refractivity contribution in [2.24, 2.45) is 0 Å². The molecule has 1 N–H and O–H groups in total. The van der Waals surface area contributed by atoms with Crippen LogP contribution in [0.2, 0.25) is 5.02 Å². The number of sulfonamides is 1. The summed E-state index contributed by atoms with van der Waals surface area (Å²) in [4.78, 5) is 15.2. The fraction of sp³-hybridized carbons (Fsp3) is 0.500. The number of nitrogens with one attached hydrogen (secondary N) is 1. The SMILES string of the molecule is CN(C)CCN(C)S(=O)(=O)c1c[nH]c(=O)c(Cl)c1. The molecule has 0 aliphatic rings. The molecule has 0 aliphatic heterocycles. The second-order valence-corrected chi connectivity index (χ2v) is 6.59. The van der Waals surface area contributed by atoms with Crippen LogP contribution in [0.1, 0.15) is 0 Å². The first kappa shape index (κ1) is 15.2. The van der Waals surface area contributed by atoms with Gasteiger partial charge >= 0.3 is 0 Å². The van der Waals surface area contributed by atoms with Crippen LogP contribution in [0.3, 0.4) is 0 Å². The maximum absolute atomic E-state index is 12.1. The summed E-state index contributed by atoms with van der Waals surface area (Å²) in [6, 6.07) is 1.15. The number of rotatable bonds is 5. The Morgan fingerprint density at radius 1 is 1.28 bits per heavy atom. The van der Waals surface area contributed by atoms with Gasteiger partial charge in [0.05, 0.1) is 4.90 Å². The van der Waals surface area contributed by atoms with Gasteiger partial charge in [0.15, 0.2) is 0 Å². The van der Waals surface area contributed by atoms with E-state index in [1.807, 2.05) is 19.0 Å². The zero-order chi connectivity index (χ0) is 13.9. The van der Waals surface area contributed by atoms with Gasteiger partial charge in [0.25, 0.3) is 5.56 Å². The van der Waals surface area contributed by atoms with Crippen molar-refractivity contribution < 1.29 is 8.42 Å². The second kappa shape index (κ2) is 5.83. The molecule has 1 rings (SSSR count). The van der Waals surface area contributed by atoms with Crippen molar-refractivity contribution in [1.29, 1.82) is 0 Å². The van der Waals surface area contributed by atoms with Gasteiger partial charge in [-0.3, -0.25) is 4.79 Å². The molecular formula is C10H16ClN3O3S. The molecule has 0 spiro atoms. The minimum atomic E-state index is -3.62. The zero-order valence-corrected chi connectivity index (χ0v) is 12.0. The van der Waals surface area contributed by atoms with Crippen molar-refractivity contribution >= 4 is 21.6 Å². The van der Waals surface area contributed by atoms with Crippen molar-refractivity contribution in [2.45, 2.75) is 4.90 Å². The number of H-pyrrole nitrogens is 1. The lowest BCUT2D eigenvalue weighted by atomic mass is 10.5. The van der Waals surface area contributed by atoms with Crippen LogP contribution in [0.4, 0.5) is 0 Å². The van der Waals surface area contributed by atoms with Gasteiger partial charge in [-0.15, -0.1) is 0 Å². The third-order valence-corrected chi connectivity index (χ3v) is 4.52. The third-order valence-electron chi connectivity index (χ3n) is 2.40. The van der Waals surface area contributed by atoms with Gasteiger partial charge in [0, 0.05) is 26.3 Å². The molecule has 0 fully saturated rings. The van der Waals surface area contributed by atoms with Crippen molar-refractivity contribution in [1.82, 2.24) is 14.2 Å². The van der Waals surface area contributed by atoms with E-state index in [-0.39, 0.29) is 9.92 Å². The predicted octanol–water partition coefficient (Wildman–Crippen LogP) is 0.210. The summed E-state index contributed by atoms with van der Waals surface area (Å²) in [6.07, 6.45) is 1.15. The number of hydrogen-bond donors (Lipinski definition) is 1. The van der Waals surface area contributed by atoms with E-state index in [1.165, 1.54) is 11.4 Å². The lowest BCUT2D eigenvalue weighted by Gasteiger charge is -2.19. The molecule has 0 saturated heterocycles. The predicted molar refractivity (Wildman–Crippen MR) is 70.4 cm³/mol. The van der Waals surface area contributed by atoms with E-state index in [0.29, 0.717) is 13.1 Å². The topological polar surface area (TPSA) is 73.5 Å². The fourth-order valence-electron chi connectivity index (χ4n) is 1.23. The zero-order valence-electron chi connectivity index (χ0n) is 10.5. The highest BCUT2D eigenvalue weighted by atomic mass is 35.5. The largest absolute Gasteiger partial charge is 0.326 e. The van der Waals surface area contributed by atoms with E-state index in [2.05, 4.69) is 4.98 Å². The molecule has 1 aromatic rings. The monoisotopic (exact) mass is 293 g/mol. The molecule has 0 aliphatic carbocycles. The summed E-state index contributed by atoms with van der Waals surface area (Å²) in [6.45, 7) is 0.957. The molecular weight excluding hydrogens is 278 g/mol. The quantitative estimate of drug-likeness (QED) is 0.842. The molecule has 0 amide bonds. The average Bonchev–Trinajstić information content (AvgIpc) is 2.29. The van der Waals surface area contributed by atoms with Crippen molar-refractivity contribution in [3.05, 3.63) is 27.6 Å². The molecule has 0 bridgehead atoms. The van der Waals surface area contributed by atoms with Crippen LogP contribution in [0.25, 0.3) is 0 Å². The maximum atomic E-state index is 12.1. The Balaban J connectivity index is 2.98. The Labute approximate surface area is 111 Å². The number of pyridine rings is 1. The fourth-order valence-corrected chi connectivity index (χ4v) is 2.62. The minimum absolute atomic E-state index is 0.0200. The molecule has 6 nitrogen and oxygen atoms in total. The van der Waals surface area contributed by atoms with Crippen molar-refractivity contribution in [3.8, 4) is 0 Å². The maximum Gasteiger partial charge on any atom is 0.266 e. The van der Waals surface area contributed by atoms with Crippen LogP contribution in [-0.4, -0.2) is 56.8 Å². The van der Waals surface area contributed by atoms with Crippen LogP contribution >= 0.6 is 11.6 Å². The molecule has 0 unspecified atom stereocenters. The molecule has 1 heterocycles. The van der Waals surface area contributed by atoms with Crippen molar-refractivity contribution in [2.75, 3.05) is 34.2 Å². The van der Waals surface area contributed by atoms with Gasteiger partial charge in [-0.1, -0.05) is 11.6 Å². The van der Waals surface area contributed by atoms with E-state index in [9.17, 15) is 13.2 Å². The molecule has 0 radical (unpaired) electrons. The van der Waals surface area contributed by atoms with Gasteiger partial charge < -0.3 is 9.88 Å². The Kier molecular flexibility index (Phi) is 4.92. The van der Waals surface area contributed by atoms with Gasteiger partial charge in [-0.05, 0) is 20.2 Å². The lowest BCUT2D eigenvalue weighted by Crippen LogP contribution is -2.33. The van der Waals surface area contributed by atoms with Crippen molar-refractivity contribution in [3.63, 3.8) is 0 Å².